The molecule has 2 aromatic carbocycles. The van der Waals surface area contributed by atoms with E-state index in [2.05, 4.69) is 0 Å². The van der Waals surface area contributed by atoms with Crippen LogP contribution in [0.5, 0.6) is 11.5 Å². The molecule has 1 N–H and O–H groups in total. The molecule has 0 aliphatic heterocycles. The zero-order chi connectivity index (χ0) is 13.8. The van der Waals surface area contributed by atoms with Crippen molar-refractivity contribution in [1.29, 1.82) is 0 Å². The highest BCUT2D eigenvalue weighted by Crippen LogP contribution is 2.26. The molecule has 0 aliphatic rings. The van der Waals surface area contributed by atoms with Gasteiger partial charge in [0.05, 0.1) is 7.11 Å². The van der Waals surface area contributed by atoms with Gasteiger partial charge in [0, 0.05) is 12.0 Å². The van der Waals surface area contributed by atoms with Crippen LogP contribution in [0.4, 0.5) is 0 Å². The summed E-state index contributed by atoms with van der Waals surface area (Å²) in [5, 5.41) is 9.50. The number of methoxy groups -OCH3 is 1. The first-order chi connectivity index (χ1) is 9.10. The maximum Gasteiger partial charge on any atom is 0.167 e. The average molecular weight is 256 g/mol. The zero-order valence-corrected chi connectivity index (χ0v) is 11.0. The smallest absolute Gasteiger partial charge is 0.167 e. The van der Waals surface area contributed by atoms with Crippen LogP contribution < -0.4 is 4.74 Å². The minimum atomic E-state index is 0.00199. The number of benzene rings is 2. The summed E-state index contributed by atoms with van der Waals surface area (Å²) in [7, 11) is 1.46. The lowest BCUT2D eigenvalue weighted by Crippen LogP contribution is -2.03. The van der Waals surface area contributed by atoms with E-state index in [-0.39, 0.29) is 11.5 Å². The topological polar surface area (TPSA) is 46.5 Å². The van der Waals surface area contributed by atoms with Gasteiger partial charge in [-0.2, -0.15) is 0 Å². The Balaban J connectivity index is 2.18. The van der Waals surface area contributed by atoms with Crippen molar-refractivity contribution in [1.82, 2.24) is 0 Å². The molecule has 0 radical (unpaired) electrons. The minimum absolute atomic E-state index is 0.00199. The van der Waals surface area contributed by atoms with Crippen LogP contribution in [0.2, 0.25) is 0 Å². The lowest BCUT2D eigenvalue weighted by Gasteiger charge is -2.06. The van der Waals surface area contributed by atoms with Gasteiger partial charge in [-0.25, -0.2) is 0 Å². The van der Waals surface area contributed by atoms with Crippen LogP contribution in [-0.2, 0) is 6.42 Å². The molecule has 0 saturated heterocycles. The van der Waals surface area contributed by atoms with Crippen molar-refractivity contribution in [3.63, 3.8) is 0 Å². The van der Waals surface area contributed by atoms with E-state index < -0.39 is 0 Å². The highest BCUT2D eigenvalue weighted by Gasteiger charge is 2.10. The predicted octanol–water partition coefficient (Wildman–Crippen LogP) is 3.13. The van der Waals surface area contributed by atoms with Crippen molar-refractivity contribution in [2.24, 2.45) is 0 Å². The SMILES string of the molecule is COc1cc(C(=O)Cc2ccc(C)cc2)ccc1O. The molecule has 2 rings (SSSR count). The monoisotopic (exact) mass is 256 g/mol. The van der Waals surface area contributed by atoms with Gasteiger partial charge in [-0.3, -0.25) is 4.79 Å². The van der Waals surface area contributed by atoms with Crippen LogP contribution in [0.25, 0.3) is 0 Å². The fourth-order valence-corrected chi connectivity index (χ4v) is 1.84. The van der Waals surface area contributed by atoms with E-state index >= 15 is 0 Å². The van der Waals surface area contributed by atoms with Crippen LogP contribution >= 0.6 is 0 Å². The number of ketones is 1. The van der Waals surface area contributed by atoms with Crippen LogP contribution in [0.3, 0.4) is 0 Å². The lowest BCUT2D eigenvalue weighted by molar-refractivity contribution is 0.0992. The summed E-state index contributed by atoms with van der Waals surface area (Å²) in [5.41, 5.74) is 2.68. The Morgan fingerprint density at radius 3 is 2.47 bits per heavy atom. The first-order valence-corrected chi connectivity index (χ1v) is 6.06. The molecule has 0 saturated carbocycles. The van der Waals surface area contributed by atoms with E-state index in [0.717, 1.165) is 5.56 Å². The molecule has 0 heterocycles. The first-order valence-electron chi connectivity index (χ1n) is 6.06. The number of carbonyl (C=O) groups excluding carboxylic acids is 1. The molecule has 0 bridgehead atoms. The van der Waals surface area contributed by atoms with Gasteiger partial charge in [0.2, 0.25) is 0 Å². The quantitative estimate of drug-likeness (QED) is 0.855. The molecular weight excluding hydrogens is 240 g/mol. The lowest BCUT2D eigenvalue weighted by atomic mass is 10.0. The van der Waals surface area contributed by atoms with E-state index in [0.29, 0.717) is 17.7 Å². The van der Waals surface area contributed by atoms with Gasteiger partial charge in [-0.05, 0) is 30.7 Å². The molecule has 0 amide bonds. The van der Waals surface area contributed by atoms with E-state index in [9.17, 15) is 9.90 Å². The normalized spacial score (nSPS) is 10.2. The molecule has 2 aromatic rings. The van der Waals surface area contributed by atoms with Crippen molar-refractivity contribution in [2.75, 3.05) is 7.11 Å². The second-order valence-electron chi connectivity index (χ2n) is 4.47. The van der Waals surface area contributed by atoms with Gasteiger partial charge >= 0.3 is 0 Å². The predicted molar refractivity (Wildman–Crippen MR) is 73.9 cm³/mol. The Hall–Kier alpha value is -2.29. The third-order valence-corrected chi connectivity index (χ3v) is 2.99. The fraction of sp³-hybridized carbons (Fsp3) is 0.188. The number of rotatable bonds is 4. The van der Waals surface area contributed by atoms with Gasteiger partial charge in [0.25, 0.3) is 0 Å². The van der Waals surface area contributed by atoms with Crippen LogP contribution in [0.15, 0.2) is 42.5 Å². The van der Waals surface area contributed by atoms with E-state index in [1.54, 1.807) is 12.1 Å². The van der Waals surface area contributed by atoms with E-state index in [1.165, 1.54) is 18.7 Å². The third-order valence-electron chi connectivity index (χ3n) is 2.99. The van der Waals surface area contributed by atoms with Crippen LogP contribution in [-0.4, -0.2) is 18.0 Å². The standard InChI is InChI=1S/C16H16O3/c1-11-3-5-12(6-4-11)9-15(18)13-7-8-14(17)16(10-13)19-2/h3-8,10,17H,9H2,1-2H3. The number of aryl methyl sites for hydroxylation is 1. The van der Waals surface area contributed by atoms with E-state index in [4.69, 9.17) is 4.74 Å². The van der Waals surface area contributed by atoms with Crippen LogP contribution in [0.1, 0.15) is 21.5 Å². The maximum atomic E-state index is 12.1. The maximum absolute atomic E-state index is 12.1. The van der Waals surface area contributed by atoms with E-state index in [1.807, 2.05) is 31.2 Å². The highest BCUT2D eigenvalue weighted by atomic mass is 16.5. The van der Waals surface area contributed by atoms with Crippen molar-refractivity contribution in [3.8, 4) is 11.5 Å². The number of hydrogen-bond acceptors (Lipinski definition) is 3. The molecule has 0 fully saturated rings. The number of hydrogen-bond donors (Lipinski definition) is 1. The number of carbonyl (C=O) groups is 1. The van der Waals surface area contributed by atoms with Gasteiger partial charge in [-0.1, -0.05) is 29.8 Å². The molecular formula is C16H16O3. The largest absolute Gasteiger partial charge is 0.504 e. The molecule has 0 atom stereocenters. The second-order valence-corrected chi connectivity index (χ2v) is 4.47. The van der Waals surface area contributed by atoms with Crippen LogP contribution in [0, 0.1) is 6.92 Å². The Morgan fingerprint density at radius 2 is 1.84 bits per heavy atom. The zero-order valence-electron chi connectivity index (χ0n) is 11.0. The molecule has 19 heavy (non-hydrogen) atoms. The summed E-state index contributed by atoms with van der Waals surface area (Å²) in [6, 6.07) is 12.5. The number of ether oxygens (including phenoxy) is 1. The van der Waals surface area contributed by atoms with Crippen molar-refractivity contribution in [3.05, 3.63) is 59.2 Å². The molecule has 0 aromatic heterocycles. The Morgan fingerprint density at radius 1 is 1.16 bits per heavy atom. The average Bonchev–Trinajstić information content (AvgIpc) is 2.42. The summed E-state index contributed by atoms with van der Waals surface area (Å²) >= 11 is 0. The Kier molecular flexibility index (Phi) is 3.85. The van der Waals surface area contributed by atoms with Gasteiger partial charge in [-0.15, -0.1) is 0 Å². The Labute approximate surface area is 112 Å². The summed E-state index contributed by atoms with van der Waals surface area (Å²) in [6.45, 7) is 2.01. The molecule has 3 nitrogen and oxygen atoms in total. The second kappa shape index (κ2) is 5.57. The molecule has 0 aliphatic carbocycles. The molecule has 98 valence electrons. The number of phenols is 1. The van der Waals surface area contributed by atoms with Gasteiger partial charge < -0.3 is 9.84 Å². The first kappa shape index (κ1) is 13.1. The van der Waals surface area contributed by atoms with Crippen molar-refractivity contribution < 1.29 is 14.6 Å². The van der Waals surface area contributed by atoms with Crippen molar-refractivity contribution >= 4 is 5.78 Å². The number of Topliss-reactive ketones (excluding diaryl/α,β-unsaturated/α-hetero) is 1. The minimum Gasteiger partial charge on any atom is -0.504 e. The number of phenolic OH excluding ortho intramolecular Hbond substituents is 1. The summed E-state index contributed by atoms with van der Waals surface area (Å²) in [6.07, 6.45) is 0.341. The molecule has 3 heteroatoms. The molecule has 0 spiro atoms. The van der Waals surface area contributed by atoms with Crippen molar-refractivity contribution in [2.45, 2.75) is 13.3 Å². The Bertz CT molecular complexity index is 585. The number of aromatic hydroxyl groups is 1. The summed E-state index contributed by atoms with van der Waals surface area (Å²) in [5.74, 6) is 0.353. The third kappa shape index (κ3) is 3.13. The molecule has 0 unspecified atom stereocenters. The van der Waals surface area contributed by atoms with Gasteiger partial charge in [0.1, 0.15) is 0 Å². The fourth-order valence-electron chi connectivity index (χ4n) is 1.84. The summed E-state index contributed by atoms with van der Waals surface area (Å²) in [4.78, 5) is 12.1. The van der Waals surface area contributed by atoms with Gasteiger partial charge in [0.15, 0.2) is 17.3 Å². The highest BCUT2D eigenvalue weighted by molar-refractivity contribution is 5.98. The summed E-state index contributed by atoms with van der Waals surface area (Å²) < 4.78 is 5.00.